The van der Waals surface area contributed by atoms with E-state index in [-0.39, 0.29) is 11.9 Å². The number of nitrogens with one attached hydrogen (secondary N) is 2. The van der Waals surface area contributed by atoms with Gasteiger partial charge in [0.05, 0.1) is 12.1 Å². The van der Waals surface area contributed by atoms with Gasteiger partial charge in [0.1, 0.15) is 0 Å². The zero-order valence-corrected chi connectivity index (χ0v) is 9.72. The van der Waals surface area contributed by atoms with Crippen LogP contribution in [0.2, 0.25) is 0 Å². The van der Waals surface area contributed by atoms with Gasteiger partial charge in [-0.2, -0.15) is 0 Å². The number of carbonyl (C=O) groups excluding carboxylic acids is 2. The van der Waals surface area contributed by atoms with Crippen LogP contribution in [0.25, 0.3) is 0 Å². The number of anilines is 1. The van der Waals surface area contributed by atoms with Crippen LogP contribution in [0.4, 0.5) is 5.69 Å². The zero-order valence-electron chi connectivity index (χ0n) is 9.72. The van der Waals surface area contributed by atoms with Gasteiger partial charge in [-0.15, -0.1) is 0 Å². The number of β-amino-alcohol motifs (C(OH)–C–C–N with tert-alkyl or cyclic N) is 1. The third kappa shape index (κ3) is 2.85. The summed E-state index contributed by atoms with van der Waals surface area (Å²) >= 11 is 0. The average Bonchev–Trinajstić information content (AvgIpc) is 2.76. The number of hydrogen-bond donors (Lipinski definition) is 4. The van der Waals surface area contributed by atoms with E-state index in [1.807, 2.05) is 0 Å². The maximum absolute atomic E-state index is 11.8. The molecular formula is C12H15N3O3. The summed E-state index contributed by atoms with van der Waals surface area (Å²) in [6, 6.07) is 5.95. The van der Waals surface area contributed by atoms with E-state index in [0.29, 0.717) is 24.2 Å². The second kappa shape index (κ2) is 5.16. The van der Waals surface area contributed by atoms with Crippen LogP contribution in [0.15, 0.2) is 24.3 Å². The summed E-state index contributed by atoms with van der Waals surface area (Å²) in [5.41, 5.74) is 6.10. The Kier molecular flexibility index (Phi) is 3.59. The number of aliphatic hydroxyl groups excluding tert-OH is 1. The highest BCUT2D eigenvalue weighted by atomic mass is 16.3. The summed E-state index contributed by atoms with van der Waals surface area (Å²) in [6.07, 6.45) is -0.0661. The molecule has 2 amide bonds. The van der Waals surface area contributed by atoms with Gasteiger partial charge in [-0.3, -0.25) is 9.59 Å². The summed E-state index contributed by atoms with van der Waals surface area (Å²) in [5.74, 6) is -0.702. The zero-order chi connectivity index (χ0) is 13.1. The fourth-order valence-electron chi connectivity index (χ4n) is 1.86. The molecule has 6 nitrogen and oxygen atoms in total. The maximum atomic E-state index is 11.8. The van der Waals surface area contributed by atoms with Crippen LogP contribution in [0.5, 0.6) is 0 Å². The van der Waals surface area contributed by atoms with E-state index in [0.717, 1.165) is 0 Å². The molecular weight excluding hydrogens is 234 g/mol. The van der Waals surface area contributed by atoms with Gasteiger partial charge in [-0.1, -0.05) is 0 Å². The van der Waals surface area contributed by atoms with Crippen LogP contribution in [0.3, 0.4) is 0 Å². The number of aliphatic hydroxyl groups is 1. The van der Waals surface area contributed by atoms with Crippen molar-refractivity contribution in [2.45, 2.75) is 18.6 Å². The predicted molar refractivity (Wildman–Crippen MR) is 66.0 cm³/mol. The Balaban J connectivity index is 1.97. The quantitative estimate of drug-likeness (QED) is 0.576. The molecule has 2 rings (SSSR count). The van der Waals surface area contributed by atoms with Gasteiger partial charge in [0.2, 0.25) is 11.8 Å². The van der Waals surface area contributed by atoms with E-state index in [4.69, 9.17) is 5.73 Å². The lowest BCUT2D eigenvalue weighted by molar-refractivity contribution is -0.117. The van der Waals surface area contributed by atoms with Gasteiger partial charge in [0, 0.05) is 17.8 Å². The van der Waals surface area contributed by atoms with Gasteiger partial charge < -0.3 is 21.5 Å². The second-order valence-corrected chi connectivity index (χ2v) is 4.28. The SMILES string of the molecule is NC(=O)c1ccc(NC(=O)C2CC(O)CN2)cc1. The molecule has 0 spiro atoms. The summed E-state index contributed by atoms with van der Waals surface area (Å²) < 4.78 is 0. The minimum Gasteiger partial charge on any atom is -0.392 e. The van der Waals surface area contributed by atoms with Gasteiger partial charge in [0.25, 0.3) is 0 Å². The summed E-state index contributed by atoms with van der Waals surface area (Å²) in [4.78, 5) is 22.7. The first kappa shape index (κ1) is 12.5. The molecule has 1 aliphatic heterocycles. The third-order valence-electron chi connectivity index (χ3n) is 2.86. The molecule has 1 heterocycles. The number of primary amides is 1. The number of rotatable bonds is 3. The lowest BCUT2D eigenvalue weighted by atomic mass is 10.1. The normalized spacial score (nSPS) is 22.7. The van der Waals surface area contributed by atoms with Crippen LogP contribution in [0.1, 0.15) is 16.8 Å². The lowest BCUT2D eigenvalue weighted by Gasteiger charge is -2.11. The van der Waals surface area contributed by atoms with E-state index >= 15 is 0 Å². The number of nitrogens with two attached hydrogens (primary N) is 1. The van der Waals surface area contributed by atoms with Crippen molar-refractivity contribution in [1.82, 2.24) is 5.32 Å². The van der Waals surface area contributed by atoms with Crippen LogP contribution >= 0.6 is 0 Å². The number of hydrogen-bond acceptors (Lipinski definition) is 4. The van der Waals surface area contributed by atoms with Crippen molar-refractivity contribution >= 4 is 17.5 Å². The Hall–Kier alpha value is -1.92. The van der Waals surface area contributed by atoms with Crippen molar-refractivity contribution in [3.63, 3.8) is 0 Å². The number of carbonyl (C=O) groups is 2. The molecule has 1 aromatic rings. The highest BCUT2D eigenvalue weighted by Crippen LogP contribution is 2.12. The van der Waals surface area contributed by atoms with Crippen LogP contribution < -0.4 is 16.4 Å². The van der Waals surface area contributed by atoms with E-state index < -0.39 is 12.0 Å². The first-order valence-electron chi connectivity index (χ1n) is 5.68. The molecule has 5 N–H and O–H groups in total. The standard InChI is InChI=1S/C12H15N3O3/c13-11(17)7-1-3-8(4-2-7)15-12(18)10-5-9(16)6-14-10/h1-4,9-10,14,16H,5-6H2,(H2,13,17)(H,15,18). The van der Waals surface area contributed by atoms with E-state index in [9.17, 15) is 14.7 Å². The highest BCUT2D eigenvalue weighted by molar-refractivity contribution is 5.96. The van der Waals surface area contributed by atoms with Gasteiger partial charge in [-0.05, 0) is 30.7 Å². The molecule has 1 aliphatic rings. The molecule has 0 aliphatic carbocycles. The minimum absolute atomic E-state index is 0.196. The van der Waals surface area contributed by atoms with Crippen LogP contribution in [-0.4, -0.2) is 35.6 Å². The Bertz CT molecular complexity index is 458. The Morgan fingerprint density at radius 1 is 1.33 bits per heavy atom. The van der Waals surface area contributed by atoms with Crippen molar-refractivity contribution in [2.75, 3.05) is 11.9 Å². The molecule has 2 unspecified atom stereocenters. The summed E-state index contributed by atoms with van der Waals surface area (Å²) in [7, 11) is 0. The molecule has 1 saturated heterocycles. The van der Waals surface area contributed by atoms with Crippen molar-refractivity contribution in [3.8, 4) is 0 Å². The first-order chi connectivity index (χ1) is 8.56. The minimum atomic E-state index is -0.506. The van der Waals surface area contributed by atoms with E-state index in [2.05, 4.69) is 10.6 Å². The van der Waals surface area contributed by atoms with Crippen LogP contribution in [0, 0.1) is 0 Å². The topological polar surface area (TPSA) is 104 Å². The molecule has 96 valence electrons. The molecule has 2 atom stereocenters. The Morgan fingerprint density at radius 2 is 2.00 bits per heavy atom. The first-order valence-corrected chi connectivity index (χ1v) is 5.68. The lowest BCUT2D eigenvalue weighted by Crippen LogP contribution is -2.35. The molecule has 1 fully saturated rings. The highest BCUT2D eigenvalue weighted by Gasteiger charge is 2.27. The summed E-state index contributed by atoms with van der Waals surface area (Å²) in [6.45, 7) is 0.429. The van der Waals surface area contributed by atoms with Crippen molar-refractivity contribution in [3.05, 3.63) is 29.8 Å². The summed E-state index contributed by atoms with van der Waals surface area (Å²) in [5, 5.41) is 14.9. The Labute approximate surface area is 104 Å². The van der Waals surface area contributed by atoms with Gasteiger partial charge in [0.15, 0.2) is 0 Å². The molecule has 1 aromatic carbocycles. The van der Waals surface area contributed by atoms with Crippen LogP contribution in [-0.2, 0) is 4.79 Å². The van der Waals surface area contributed by atoms with Crippen molar-refractivity contribution in [2.24, 2.45) is 5.73 Å². The molecule has 0 bridgehead atoms. The van der Waals surface area contributed by atoms with Crippen molar-refractivity contribution < 1.29 is 14.7 Å². The fourth-order valence-corrected chi connectivity index (χ4v) is 1.86. The molecule has 6 heteroatoms. The van der Waals surface area contributed by atoms with E-state index in [1.54, 1.807) is 24.3 Å². The average molecular weight is 249 g/mol. The number of amides is 2. The number of benzene rings is 1. The Morgan fingerprint density at radius 3 is 2.50 bits per heavy atom. The predicted octanol–water partition coefficient (Wildman–Crippen LogP) is -0.553. The smallest absolute Gasteiger partial charge is 0.248 e. The second-order valence-electron chi connectivity index (χ2n) is 4.28. The molecule has 0 aromatic heterocycles. The largest absolute Gasteiger partial charge is 0.392 e. The van der Waals surface area contributed by atoms with Crippen molar-refractivity contribution in [1.29, 1.82) is 0 Å². The fraction of sp³-hybridized carbons (Fsp3) is 0.333. The van der Waals surface area contributed by atoms with Gasteiger partial charge in [-0.25, -0.2) is 0 Å². The molecule has 18 heavy (non-hydrogen) atoms. The maximum Gasteiger partial charge on any atom is 0.248 e. The third-order valence-corrected chi connectivity index (χ3v) is 2.86. The molecule has 0 radical (unpaired) electrons. The van der Waals surface area contributed by atoms with E-state index in [1.165, 1.54) is 0 Å². The monoisotopic (exact) mass is 249 g/mol. The van der Waals surface area contributed by atoms with Gasteiger partial charge >= 0.3 is 0 Å². The molecule has 0 saturated carbocycles.